The molecule has 3 rings (SSSR count). The van der Waals surface area contributed by atoms with Crippen LogP contribution in [0, 0.1) is 0 Å². The van der Waals surface area contributed by atoms with E-state index in [0.29, 0.717) is 22.5 Å². The Hall–Kier alpha value is -2.70. The van der Waals surface area contributed by atoms with Crippen LogP contribution in [-0.4, -0.2) is 31.7 Å². The van der Waals surface area contributed by atoms with Crippen LogP contribution in [0.25, 0.3) is 0 Å². The molecule has 2 amide bonds. The van der Waals surface area contributed by atoms with Gasteiger partial charge in [-0.1, -0.05) is 5.21 Å². The van der Waals surface area contributed by atoms with Crippen molar-refractivity contribution in [1.29, 1.82) is 0 Å². The summed E-state index contributed by atoms with van der Waals surface area (Å²) in [7, 11) is 1.72. The molecule has 1 aromatic carbocycles. The molecule has 0 atom stereocenters. The summed E-state index contributed by atoms with van der Waals surface area (Å²) in [5.74, 6) is -0.677. The molecule has 2 aromatic rings. The van der Waals surface area contributed by atoms with Crippen LogP contribution >= 0.6 is 0 Å². The number of hydrogen-bond acceptors (Lipinski definition) is 5. The molecule has 1 aliphatic rings. The molecule has 1 aliphatic heterocycles. The summed E-state index contributed by atoms with van der Waals surface area (Å²) < 4.78 is 1.52. The van der Waals surface area contributed by atoms with Gasteiger partial charge in [0, 0.05) is 18.9 Å². The average molecular weight is 257 g/mol. The maximum absolute atomic E-state index is 12.2. The van der Waals surface area contributed by atoms with Crippen molar-refractivity contribution in [3.05, 3.63) is 41.2 Å². The largest absolute Gasteiger partial charge is 0.399 e. The monoisotopic (exact) mass is 257 g/mol. The van der Waals surface area contributed by atoms with Crippen molar-refractivity contribution in [3.63, 3.8) is 0 Å². The highest BCUT2D eigenvalue weighted by Gasteiger charge is 2.35. The minimum absolute atomic E-state index is 0.111. The van der Waals surface area contributed by atoms with Crippen LogP contribution in [0.1, 0.15) is 26.4 Å². The number of hydrogen-bond donors (Lipinski definition) is 1. The Bertz CT molecular complexity index is 691. The Morgan fingerprint density at radius 3 is 2.63 bits per heavy atom. The van der Waals surface area contributed by atoms with E-state index in [4.69, 9.17) is 5.73 Å². The Kier molecular flexibility index (Phi) is 2.34. The molecule has 0 bridgehead atoms. The first-order valence-corrected chi connectivity index (χ1v) is 5.67. The Balaban J connectivity index is 1.94. The van der Waals surface area contributed by atoms with Gasteiger partial charge < -0.3 is 5.73 Å². The third-order valence-electron chi connectivity index (χ3n) is 2.96. The number of rotatable bonds is 2. The zero-order valence-corrected chi connectivity index (χ0v) is 10.2. The molecule has 0 spiro atoms. The van der Waals surface area contributed by atoms with E-state index < -0.39 is 0 Å². The number of nitrogens with two attached hydrogens (primary N) is 1. The van der Waals surface area contributed by atoms with Crippen molar-refractivity contribution < 1.29 is 9.59 Å². The minimum atomic E-state index is -0.349. The van der Waals surface area contributed by atoms with E-state index in [9.17, 15) is 9.59 Å². The molecule has 0 fully saturated rings. The van der Waals surface area contributed by atoms with Gasteiger partial charge in [-0.2, -0.15) is 0 Å². The second kappa shape index (κ2) is 3.91. The number of anilines is 1. The van der Waals surface area contributed by atoms with Crippen LogP contribution in [0.15, 0.2) is 24.4 Å². The number of benzene rings is 1. The molecule has 1 aromatic heterocycles. The normalized spacial score (nSPS) is 14.1. The van der Waals surface area contributed by atoms with E-state index >= 15 is 0 Å². The average Bonchev–Trinajstić information content (AvgIpc) is 2.88. The first kappa shape index (κ1) is 11.4. The summed E-state index contributed by atoms with van der Waals surface area (Å²) in [5.41, 5.74) is 7.37. The maximum atomic E-state index is 12.2. The molecule has 19 heavy (non-hydrogen) atoms. The van der Waals surface area contributed by atoms with Crippen LogP contribution in [-0.2, 0) is 13.6 Å². The van der Waals surface area contributed by atoms with E-state index in [2.05, 4.69) is 10.3 Å². The molecular weight excluding hydrogens is 246 g/mol. The smallest absolute Gasteiger partial charge is 0.261 e. The van der Waals surface area contributed by atoms with Gasteiger partial charge in [-0.05, 0) is 18.2 Å². The highest BCUT2D eigenvalue weighted by atomic mass is 16.2. The number of nitrogens with zero attached hydrogens (tertiary/aromatic N) is 4. The first-order chi connectivity index (χ1) is 9.06. The predicted molar refractivity (Wildman–Crippen MR) is 66.1 cm³/mol. The summed E-state index contributed by atoms with van der Waals surface area (Å²) in [6, 6.07) is 4.70. The van der Waals surface area contributed by atoms with Crippen LogP contribution in [0.3, 0.4) is 0 Å². The van der Waals surface area contributed by atoms with E-state index in [1.165, 1.54) is 10.7 Å². The predicted octanol–water partition coefficient (Wildman–Crippen LogP) is 0.194. The van der Waals surface area contributed by atoms with Crippen molar-refractivity contribution in [2.45, 2.75) is 6.54 Å². The van der Waals surface area contributed by atoms with Gasteiger partial charge in [0.15, 0.2) is 0 Å². The molecule has 7 nitrogen and oxygen atoms in total. The Morgan fingerprint density at radius 1 is 1.21 bits per heavy atom. The number of imide groups is 1. The van der Waals surface area contributed by atoms with Gasteiger partial charge in [0.05, 0.1) is 17.7 Å². The minimum Gasteiger partial charge on any atom is -0.399 e. The number of aromatic nitrogens is 3. The summed E-state index contributed by atoms with van der Waals surface area (Å²) in [5, 5.41) is 7.64. The molecule has 0 saturated carbocycles. The molecule has 0 unspecified atom stereocenters. The van der Waals surface area contributed by atoms with E-state index in [-0.39, 0.29) is 18.4 Å². The van der Waals surface area contributed by atoms with Crippen LogP contribution in [0.2, 0.25) is 0 Å². The topological polar surface area (TPSA) is 94.1 Å². The number of amides is 2. The fourth-order valence-corrected chi connectivity index (χ4v) is 2.08. The summed E-state index contributed by atoms with van der Waals surface area (Å²) in [4.78, 5) is 25.5. The lowest BCUT2D eigenvalue weighted by molar-refractivity contribution is 0.0640. The van der Waals surface area contributed by atoms with Gasteiger partial charge in [-0.25, -0.2) is 0 Å². The van der Waals surface area contributed by atoms with Gasteiger partial charge in [0.1, 0.15) is 5.69 Å². The molecule has 0 saturated heterocycles. The van der Waals surface area contributed by atoms with Gasteiger partial charge >= 0.3 is 0 Å². The van der Waals surface area contributed by atoms with Gasteiger partial charge in [0.25, 0.3) is 11.8 Å². The first-order valence-electron chi connectivity index (χ1n) is 5.67. The number of carbonyl (C=O) groups is 2. The lowest BCUT2D eigenvalue weighted by Gasteiger charge is -2.10. The lowest BCUT2D eigenvalue weighted by Crippen LogP contribution is -2.29. The van der Waals surface area contributed by atoms with E-state index in [1.54, 1.807) is 25.4 Å². The van der Waals surface area contributed by atoms with Crippen molar-refractivity contribution in [2.24, 2.45) is 7.05 Å². The Morgan fingerprint density at radius 2 is 1.95 bits per heavy atom. The molecule has 2 heterocycles. The van der Waals surface area contributed by atoms with Crippen LogP contribution in [0.4, 0.5) is 5.69 Å². The van der Waals surface area contributed by atoms with E-state index in [1.807, 2.05) is 0 Å². The zero-order valence-electron chi connectivity index (χ0n) is 10.2. The highest BCUT2D eigenvalue weighted by Crippen LogP contribution is 2.25. The summed E-state index contributed by atoms with van der Waals surface area (Å²) in [6.45, 7) is 0.111. The number of fused-ring (bicyclic) bond motifs is 1. The SMILES string of the molecule is Cn1cc(CN2C(=O)c3ccc(N)cc3C2=O)nn1. The van der Waals surface area contributed by atoms with Crippen molar-refractivity contribution in [3.8, 4) is 0 Å². The molecule has 2 N–H and O–H groups in total. The fraction of sp³-hybridized carbons (Fsp3) is 0.167. The van der Waals surface area contributed by atoms with Gasteiger partial charge in [0.2, 0.25) is 0 Å². The highest BCUT2D eigenvalue weighted by molar-refractivity contribution is 6.21. The molecule has 0 aliphatic carbocycles. The van der Waals surface area contributed by atoms with Gasteiger partial charge in [-0.3, -0.25) is 19.2 Å². The standard InChI is InChI=1S/C12H11N5O2/c1-16-5-8(14-15-16)6-17-11(18)9-3-2-7(13)4-10(9)12(17)19/h2-5H,6,13H2,1H3. The second-order valence-electron chi connectivity index (χ2n) is 4.39. The van der Waals surface area contributed by atoms with E-state index in [0.717, 1.165) is 4.90 Å². The fourth-order valence-electron chi connectivity index (χ4n) is 2.08. The Labute approximate surface area is 108 Å². The van der Waals surface area contributed by atoms with Crippen LogP contribution in [0.5, 0.6) is 0 Å². The third-order valence-corrected chi connectivity index (χ3v) is 2.96. The number of nitrogen functional groups attached to an aromatic ring is 1. The third kappa shape index (κ3) is 1.75. The lowest BCUT2D eigenvalue weighted by atomic mass is 10.1. The zero-order chi connectivity index (χ0) is 13.6. The van der Waals surface area contributed by atoms with Crippen molar-refractivity contribution >= 4 is 17.5 Å². The quantitative estimate of drug-likeness (QED) is 0.612. The molecule has 7 heteroatoms. The molecule has 96 valence electrons. The second-order valence-corrected chi connectivity index (χ2v) is 4.39. The summed E-state index contributed by atoms with van der Waals surface area (Å²) >= 11 is 0. The summed E-state index contributed by atoms with van der Waals surface area (Å²) in [6.07, 6.45) is 1.66. The van der Waals surface area contributed by atoms with Crippen molar-refractivity contribution in [2.75, 3.05) is 5.73 Å². The maximum Gasteiger partial charge on any atom is 0.261 e. The van der Waals surface area contributed by atoms with Crippen molar-refractivity contribution in [1.82, 2.24) is 19.9 Å². The van der Waals surface area contributed by atoms with Gasteiger partial charge in [-0.15, -0.1) is 5.10 Å². The number of aryl methyl sites for hydroxylation is 1. The molecular formula is C12H11N5O2. The molecule has 0 radical (unpaired) electrons. The number of carbonyl (C=O) groups excluding carboxylic acids is 2. The van der Waals surface area contributed by atoms with Crippen LogP contribution < -0.4 is 5.73 Å².